The van der Waals surface area contributed by atoms with Crippen LogP contribution in [0.3, 0.4) is 0 Å². The summed E-state index contributed by atoms with van der Waals surface area (Å²) in [6.07, 6.45) is -3.27. The van der Waals surface area contributed by atoms with Crippen LogP contribution in [0.5, 0.6) is 0 Å². The molecule has 10 heteroatoms. The van der Waals surface area contributed by atoms with Crippen molar-refractivity contribution >= 4 is 16.5 Å². The van der Waals surface area contributed by atoms with Crippen molar-refractivity contribution in [1.82, 2.24) is 20.0 Å². The lowest BCUT2D eigenvalue weighted by Crippen LogP contribution is -2.50. The Bertz CT molecular complexity index is 795. The zero-order valence-corrected chi connectivity index (χ0v) is 17.5. The molecule has 30 heavy (non-hydrogen) atoms. The fourth-order valence-corrected chi connectivity index (χ4v) is 4.70. The van der Waals surface area contributed by atoms with Crippen LogP contribution in [-0.2, 0) is 17.5 Å². The fraction of sp³-hybridized carbons (Fsp3) is 0.600. The molecule has 3 heterocycles. The summed E-state index contributed by atoms with van der Waals surface area (Å²) in [7, 11) is 0. The minimum atomic E-state index is -4.43. The molecule has 0 amide bonds. The van der Waals surface area contributed by atoms with E-state index in [1.54, 1.807) is 0 Å². The van der Waals surface area contributed by atoms with Crippen LogP contribution in [0.25, 0.3) is 0 Å². The van der Waals surface area contributed by atoms with Gasteiger partial charge < -0.3 is 9.64 Å². The molecule has 0 radical (unpaired) electrons. The highest BCUT2D eigenvalue weighted by atomic mass is 32.1. The third-order valence-electron chi connectivity index (χ3n) is 5.44. The first-order valence-electron chi connectivity index (χ1n) is 10.2. The van der Waals surface area contributed by atoms with Crippen molar-refractivity contribution in [1.29, 1.82) is 0 Å². The first-order valence-corrected chi connectivity index (χ1v) is 11.0. The number of aromatic nitrogens is 2. The third-order valence-corrected chi connectivity index (χ3v) is 6.47. The van der Waals surface area contributed by atoms with E-state index in [-0.39, 0.29) is 6.10 Å². The molecule has 2 aliphatic heterocycles. The molecule has 2 aromatic rings. The standard InChI is InChI=1S/C20H26F3N5OS/c21-20(22,23)18-24-25-19(30-18)28-10-8-26(9-11-28)14-17-15-27(7-4-12-29-17)13-16-5-2-1-3-6-16/h1-3,5-6,17H,4,7-15H2. The van der Waals surface area contributed by atoms with Crippen LogP contribution in [0.2, 0.25) is 0 Å². The van der Waals surface area contributed by atoms with Crippen LogP contribution in [0, 0.1) is 0 Å². The van der Waals surface area contributed by atoms with Gasteiger partial charge in [0, 0.05) is 59.0 Å². The van der Waals surface area contributed by atoms with Crippen LogP contribution in [0.1, 0.15) is 17.0 Å². The maximum Gasteiger partial charge on any atom is 0.445 e. The SMILES string of the molecule is FC(F)(F)c1nnc(N2CCN(CC3CN(Cc4ccccc4)CCCO3)CC2)s1. The summed E-state index contributed by atoms with van der Waals surface area (Å²) in [5.74, 6) is 0. The van der Waals surface area contributed by atoms with Crippen molar-refractivity contribution in [3.63, 3.8) is 0 Å². The van der Waals surface area contributed by atoms with Gasteiger partial charge in [-0.1, -0.05) is 41.7 Å². The van der Waals surface area contributed by atoms with Crippen molar-refractivity contribution < 1.29 is 17.9 Å². The van der Waals surface area contributed by atoms with E-state index in [0.717, 1.165) is 52.3 Å². The average molecular weight is 442 g/mol. The van der Waals surface area contributed by atoms with E-state index in [1.165, 1.54) is 5.56 Å². The van der Waals surface area contributed by atoms with Gasteiger partial charge in [-0.05, 0) is 12.0 Å². The second-order valence-corrected chi connectivity index (χ2v) is 8.70. The van der Waals surface area contributed by atoms with Crippen molar-refractivity contribution in [2.75, 3.05) is 57.3 Å². The minimum absolute atomic E-state index is 0.140. The molecule has 4 rings (SSSR count). The number of piperazine rings is 1. The first-order chi connectivity index (χ1) is 14.5. The fourth-order valence-electron chi connectivity index (χ4n) is 3.93. The molecule has 1 atom stereocenters. The van der Waals surface area contributed by atoms with Gasteiger partial charge in [0.25, 0.3) is 0 Å². The van der Waals surface area contributed by atoms with E-state index in [0.29, 0.717) is 29.6 Å². The van der Waals surface area contributed by atoms with Crippen LogP contribution in [-0.4, -0.2) is 78.5 Å². The van der Waals surface area contributed by atoms with Crippen LogP contribution in [0.4, 0.5) is 18.3 Å². The van der Waals surface area contributed by atoms with Crippen molar-refractivity contribution in [3.05, 3.63) is 40.9 Å². The van der Waals surface area contributed by atoms with Crippen LogP contribution < -0.4 is 4.90 Å². The summed E-state index contributed by atoms with van der Waals surface area (Å²) in [5, 5.41) is 6.49. The normalized spacial score (nSPS) is 22.2. The molecule has 0 N–H and O–H groups in total. The van der Waals surface area contributed by atoms with Gasteiger partial charge in [0.2, 0.25) is 10.1 Å². The Hall–Kier alpha value is -1.75. The average Bonchev–Trinajstić information content (AvgIpc) is 3.14. The maximum absolute atomic E-state index is 12.8. The number of hydrogen-bond donors (Lipinski definition) is 0. The number of halogens is 3. The molecule has 6 nitrogen and oxygen atoms in total. The Labute approximate surface area is 178 Å². The summed E-state index contributed by atoms with van der Waals surface area (Å²) >= 11 is 0.616. The molecule has 1 unspecified atom stereocenters. The van der Waals surface area contributed by atoms with E-state index in [1.807, 2.05) is 11.0 Å². The number of nitrogens with zero attached hydrogens (tertiary/aromatic N) is 5. The molecule has 164 valence electrons. The molecule has 0 saturated carbocycles. The second-order valence-electron chi connectivity index (χ2n) is 7.74. The van der Waals surface area contributed by atoms with Crippen LogP contribution >= 0.6 is 11.3 Å². The number of hydrogen-bond acceptors (Lipinski definition) is 7. The third kappa shape index (κ3) is 5.69. The highest BCUT2D eigenvalue weighted by Gasteiger charge is 2.36. The molecule has 2 saturated heterocycles. The predicted octanol–water partition coefficient (Wildman–Crippen LogP) is 2.97. The number of alkyl halides is 3. The molecular formula is C20H26F3N5OS. The highest BCUT2D eigenvalue weighted by Crippen LogP contribution is 2.34. The van der Waals surface area contributed by atoms with Gasteiger partial charge in [-0.2, -0.15) is 13.2 Å². The quantitative estimate of drug-likeness (QED) is 0.711. The van der Waals surface area contributed by atoms with E-state index < -0.39 is 11.2 Å². The van der Waals surface area contributed by atoms with Gasteiger partial charge in [0.05, 0.1) is 6.10 Å². The largest absolute Gasteiger partial charge is 0.445 e. The Morgan fingerprint density at radius 2 is 1.77 bits per heavy atom. The van der Waals surface area contributed by atoms with E-state index >= 15 is 0 Å². The molecule has 1 aromatic heterocycles. The molecule has 1 aromatic carbocycles. The molecule has 0 bridgehead atoms. The summed E-state index contributed by atoms with van der Waals surface area (Å²) < 4.78 is 44.4. The van der Waals surface area contributed by atoms with E-state index in [4.69, 9.17) is 4.74 Å². The van der Waals surface area contributed by atoms with Gasteiger partial charge in [-0.25, -0.2) is 0 Å². The smallest absolute Gasteiger partial charge is 0.376 e. The van der Waals surface area contributed by atoms with Gasteiger partial charge in [-0.3, -0.25) is 9.80 Å². The summed E-state index contributed by atoms with van der Waals surface area (Å²) in [4.78, 5) is 6.67. The molecular weight excluding hydrogens is 415 g/mol. The zero-order valence-electron chi connectivity index (χ0n) is 16.7. The van der Waals surface area contributed by atoms with Gasteiger partial charge in [0.15, 0.2) is 0 Å². The van der Waals surface area contributed by atoms with Crippen molar-refractivity contribution in [2.45, 2.75) is 25.2 Å². The van der Waals surface area contributed by atoms with Gasteiger partial charge >= 0.3 is 6.18 Å². The lowest BCUT2D eigenvalue weighted by atomic mass is 10.2. The van der Waals surface area contributed by atoms with Crippen LogP contribution in [0.15, 0.2) is 30.3 Å². The number of benzene rings is 1. The highest BCUT2D eigenvalue weighted by molar-refractivity contribution is 7.15. The molecule has 0 spiro atoms. The van der Waals surface area contributed by atoms with Gasteiger partial charge in [0.1, 0.15) is 0 Å². The molecule has 2 aliphatic rings. The summed E-state index contributed by atoms with van der Waals surface area (Å²) in [6.45, 7) is 7.29. The molecule has 2 fully saturated rings. The Morgan fingerprint density at radius 3 is 2.47 bits per heavy atom. The zero-order chi connectivity index (χ0) is 21.0. The lowest BCUT2D eigenvalue weighted by molar-refractivity contribution is -0.138. The maximum atomic E-state index is 12.8. The monoisotopic (exact) mass is 441 g/mol. The molecule has 0 aliphatic carbocycles. The Kier molecular flexibility index (Phi) is 6.87. The van der Waals surface area contributed by atoms with E-state index in [9.17, 15) is 13.2 Å². The van der Waals surface area contributed by atoms with Crippen molar-refractivity contribution in [3.8, 4) is 0 Å². The summed E-state index contributed by atoms with van der Waals surface area (Å²) in [5.41, 5.74) is 1.31. The lowest BCUT2D eigenvalue weighted by Gasteiger charge is -2.36. The number of rotatable bonds is 5. The first kappa shape index (κ1) is 21.5. The second kappa shape index (κ2) is 9.59. The predicted molar refractivity (Wildman–Crippen MR) is 110 cm³/mol. The van der Waals surface area contributed by atoms with E-state index in [2.05, 4.69) is 44.3 Å². The number of anilines is 1. The number of ether oxygens (including phenoxy) is 1. The Balaban J connectivity index is 1.27. The summed E-state index contributed by atoms with van der Waals surface area (Å²) in [6, 6.07) is 10.5. The van der Waals surface area contributed by atoms with Gasteiger partial charge in [-0.15, -0.1) is 10.2 Å². The minimum Gasteiger partial charge on any atom is -0.376 e. The Morgan fingerprint density at radius 1 is 1.00 bits per heavy atom. The van der Waals surface area contributed by atoms with Crippen molar-refractivity contribution in [2.24, 2.45) is 0 Å². The topological polar surface area (TPSA) is 44.7 Å².